The molecule has 0 fully saturated rings. The zero-order valence-corrected chi connectivity index (χ0v) is 12.2. The number of phenolic OH excluding ortho intramolecular Hbond substituents is 1. The van der Waals surface area contributed by atoms with Gasteiger partial charge in [-0.1, -0.05) is 0 Å². The number of rotatable bonds is 6. The van der Waals surface area contributed by atoms with Gasteiger partial charge in [-0.2, -0.15) is 11.8 Å². The number of amides is 2. The minimum absolute atomic E-state index is 0.0557. The number of anilines is 1. The molecule has 6 nitrogen and oxygen atoms in total. The van der Waals surface area contributed by atoms with Crippen LogP contribution in [0, 0.1) is 0 Å². The molecule has 0 heterocycles. The number of phenols is 1. The van der Waals surface area contributed by atoms with Gasteiger partial charge >= 0.3 is 12.0 Å². The molecule has 0 aromatic heterocycles. The average molecular weight is 298 g/mol. The first-order valence-electron chi connectivity index (χ1n) is 6.02. The van der Waals surface area contributed by atoms with Crippen molar-refractivity contribution in [1.29, 1.82) is 0 Å². The Labute approximate surface area is 121 Å². The molecule has 0 radical (unpaired) electrons. The Balaban J connectivity index is 2.85. The highest BCUT2D eigenvalue weighted by molar-refractivity contribution is 7.98. The van der Waals surface area contributed by atoms with Gasteiger partial charge in [0.05, 0.1) is 0 Å². The minimum atomic E-state index is -1.11. The first kappa shape index (κ1) is 16.2. The van der Waals surface area contributed by atoms with Crippen LogP contribution in [0.25, 0.3) is 0 Å². The Bertz CT molecular complexity index is 464. The number of urea groups is 1. The number of hydrogen-bond donors (Lipinski definition) is 3. The molecule has 20 heavy (non-hydrogen) atoms. The normalized spacial score (nSPS) is 11.7. The lowest BCUT2D eigenvalue weighted by molar-refractivity contribution is -0.135. The summed E-state index contributed by atoms with van der Waals surface area (Å²) < 4.78 is 0. The second-order valence-electron chi connectivity index (χ2n) is 4.30. The molecule has 3 N–H and O–H groups in total. The van der Waals surface area contributed by atoms with Crippen LogP contribution in [0.5, 0.6) is 5.75 Å². The van der Waals surface area contributed by atoms with Crippen LogP contribution in [0.3, 0.4) is 0 Å². The van der Waals surface area contributed by atoms with Crippen molar-refractivity contribution in [2.24, 2.45) is 0 Å². The number of hydrogen-bond acceptors (Lipinski definition) is 4. The predicted molar refractivity (Wildman–Crippen MR) is 79.5 cm³/mol. The number of nitrogens with zero attached hydrogens (tertiary/aromatic N) is 1. The SMILES string of the molecule is CSCC(C)NC(=O)N(CC(=O)O)c1ccc(O)cc1. The fourth-order valence-corrected chi connectivity index (χ4v) is 2.21. The van der Waals surface area contributed by atoms with E-state index in [1.54, 1.807) is 11.8 Å². The van der Waals surface area contributed by atoms with Gasteiger partial charge in [0.1, 0.15) is 12.3 Å². The van der Waals surface area contributed by atoms with Crippen LogP contribution < -0.4 is 10.2 Å². The largest absolute Gasteiger partial charge is 0.508 e. The molecule has 1 unspecified atom stereocenters. The standard InChI is InChI=1S/C13H18N2O4S/c1-9(8-20-2)14-13(19)15(7-12(17)18)10-3-5-11(16)6-4-10/h3-6,9,16H,7-8H2,1-2H3,(H,14,19)(H,17,18). The number of thioether (sulfide) groups is 1. The number of aliphatic carboxylic acids is 1. The lowest BCUT2D eigenvalue weighted by Gasteiger charge is -2.23. The van der Waals surface area contributed by atoms with Gasteiger partial charge in [0.15, 0.2) is 0 Å². The lowest BCUT2D eigenvalue weighted by atomic mass is 10.2. The van der Waals surface area contributed by atoms with Crippen LogP contribution in [0.1, 0.15) is 6.92 Å². The quantitative estimate of drug-likeness (QED) is 0.744. The van der Waals surface area contributed by atoms with Crippen molar-refractivity contribution in [2.75, 3.05) is 23.5 Å². The second-order valence-corrected chi connectivity index (χ2v) is 5.21. The number of benzene rings is 1. The first-order valence-corrected chi connectivity index (χ1v) is 7.41. The monoisotopic (exact) mass is 298 g/mol. The molecule has 0 aliphatic rings. The maximum Gasteiger partial charge on any atom is 0.323 e. The van der Waals surface area contributed by atoms with Crippen molar-refractivity contribution in [3.8, 4) is 5.75 Å². The van der Waals surface area contributed by atoms with Crippen molar-refractivity contribution in [3.63, 3.8) is 0 Å². The molecule has 110 valence electrons. The maximum absolute atomic E-state index is 12.1. The highest BCUT2D eigenvalue weighted by Crippen LogP contribution is 2.18. The van der Waals surface area contributed by atoms with E-state index in [2.05, 4.69) is 5.32 Å². The van der Waals surface area contributed by atoms with Crippen molar-refractivity contribution in [1.82, 2.24) is 5.32 Å². The Morgan fingerprint density at radius 1 is 1.35 bits per heavy atom. The summed E-state index contributed by atoms with van der Waals surface area (Å²) in [6, 6.07) is 5.27. The number of nitrogens with one attached hydrogen (secondary N) is 1. The van der Waals surface area contributed by atoms with Crippen LogP contribution in [0.4, 0.5) is 10.5 Å². The van der Waals surface area contributed by atoms with Crippen LogP contribution in [0.15, 0.2) is 24.3 Å². The molecule has 0 bridgehead atoms. The molecular weight excluding hydrogens is 280 g/mol. The number of carbonyl (C=O) groups is 2. The Morgan fingerprint density at radius 3 is 2.45 bits per heavy atom. The highest BCUT2D eigenvalue weighted by Gasteiger charge is 2.20. The van der Waals surface area contributed by atoms with Crippen molar-refractivity contribution < 1.29 is 19.8 Å². The van der Waals surface area contributed by atoms with Crippen LogP contribution in [-0.2, 0) is 4.79 Å². The molecule has 7 heteroatoms. The van der Waals surface area contributed by atoms with Crippen LogP contribution in [0.2, 0.25) is 0 Å². The van der Waals surface area contributed by atoms with Crippen LogP contribution >= 0.6 is 11.8 Å². The summed E-state index contributed by atoms with van der Waals surface area (Å²) in [6.45, 7) is 1.41. The van der Waals surface area contributed by atoms with E-state index in [0.717, 1.165) is 10.7 Å². The fraction of sp³-hybridized carbons (Fsp3) is 0.385. The molecule has 0 saturated carbocycles. The Morgan fingerprint density at radius 2 is 1.95 bits per heavy atom. The van der Waals surface area contributed by atoms with Gasteiger partial charge in [-0.15, -0.1) is 0 Å². The Kier molecular flexibility index (Phi) is 6.17. The fourth-order valence-electron chi connectivity index (χ4n) is 1.63. The summed E-state index contributed by atoms with van der Waals surface area (Å²) in [5.74, 6) is -0.312. The van der Waals surface area contributed by atoms with E-state index < -0.39 is 18.5 Å². The van der Waals surface area contributed by atoms with E-state index in [-0.39, 0.29) is 11.8 Å². The Hall–Kier alpha value is -1.89. The van der Waals surface area contributed by atoms with Crippen molar-refractivity contribution in [3.05, 3.63) is 24.3 Å². The molecule has 1 aromatic rings. The molecule has 0 aliphatic heterocycles. The molecule has 1 aromatic carbocycles. The van der Waals surface area contributed by atoms with E-state index in [0.29, 0.717) is 5.69 Å². The van der Waals surface area contributed by atoms with Crippen LogP contribution in [-0.4, -0.2) is 46.8 Å². The molecular formula is C13H18N2O4S. The van der Waals surface area contributed by atoms with Gasteiger partial charge in [-0.25, -0.2) is 4.79 Å². The number of carboxylic acids is 1. The number of carboxylic acid groups (broad SMARTS) is 1. The van der Waals surface area contributed by atoms with E-state index in [4.69, 9.17) is 5.11 Å². The molecule has 0 aliphatic carbocycles. The van der Waals surface area contributed by atoms with Gasteiger partial charge < -0.3 is 15.5 Å². The molecule has 0 saturated heterocycles. The average Bonchev–Trinajstić information content (AvgIpc) is 2.37. The highest BCUT2D eigenvalue weighted by atomic mass is 32.2. The van der Waals surface area contributed by atoms with Gasteiger partial charge in [-0.3, -0.25) is 9.69 Å². The topological polar surface area (TPSA) is 89.9 Å². The molecule has 1 atom stereocenters. The van der Waals surface area contributed by atoms with E-state index >= 15 is 0 Å². The summed E-state index contributed by atoms with van der Waals surface area (Å²) in [7, 11) is 0. The van der Waals surface area contributed by atoms with Gasteiger partial charge in [-0.05, 0) is 37.4 Å². The number of aromatic hydroxyl groups is 1. The predicted octanol–water partition coefficient (Wildman–Crippen LogP) is 1.74. The third-order valence-corrected chi connectivity index (χ3v) is 3.32. The lowest BCUT2D eigenvalue weighted by Crippen LogP contribution is -2.46. The van der Waals surface area contributed by atoms with Gasteiger partial charge in [0, 0.05) is 17.5 Å². The summed E-state index contributed by atoms with van der Waals surface area (Å²) >= 11 is 1.59. The zero-order valence-electron chi connectivity index (χ0n) is 11.4. The maximum atomic E-state index is 12.1. The zero-order chi connectivity index (χ0) is 15.1. The summed E-state index contributed by atoms with van der Waals surface area (Å²) in [6.07, 6.45) is 1.93. The first-order chi connectivity index (χ1) is 9.43. The molecule has 2 amide bonds. The summed E-state index contributed by atoms with van der Waals surface area (Å²) in [5, 5.41) is 20.9. The van der Waals surface area contributed by atoms with Gasteiger partial charge in [0.25, 0.3) is 0 Å². The minimum Gasteiger partial charge on any atom is -0.508 e. The van der Waals surface area contributed by atoms with Gasteiger partial charge in [0.2, 0.25) is 0 Å². The van der Waals surface area contributed by atoms with Crippen molar-refractivity contribution >= 4 is 29.4 Å². The van der Waals surface area contributed by atoms with E-state index in [1.807, 2.05) is 13.2 Å². The smallest absolute Gasteiger partial charge is 0.323 e. The van der Waals surface area contributed by atoms with E-state index in [1.165, 1.54) is 24.3 Å². The molecule has 1 rings (SSSR count). The van der Waals surface area contributed by atoms with Crippen molar-refractivity contribution in [2.45, 2.75) is 13.0 Å². The summed E-state index contributed by atoms with van der Waals surface area (Å²) in [4.78, 5) is 24.1. The molecule has 0 spiro atoms. The summed E-state index contributed by atoms with van der Waals surface area (Å²) in [5.41, 5.74) is 0.416. The third kappa shape index (κ3) is 5.00. The van der Waals surface area contributed by atoms with E-state index in [9.17, 15) is 14.7 Å². The third-order valence-electron chi connectivity index (χ3n) is 2.49. The number of carbonyl (C=O) groups excluding carboxylic acids is 1. The second kappa shape index (κ2) is 7.64.